The van der Waals surface area contributed by atoms with Crippen molar-refractivity contribution in [2.45, 2.75) is 108 Å². The SMILES string of the molecule is CCC(C)C.CCC(C)C.CCCC.CCCC. The Bertz CT molecular complexity index is 66.0. The highest BCUT2D eigenvalue weighted by Crippen LogP contribution is 1.94. The van der Waals surface area contributed by atoms with Gasteiger partial charge in [0.15, 0.2) is 0 Å². The summed E-state index contributed by atoms with van der Waals surface area (Å²) in [5.74, 6) is 1.77. The summed E-state index contributed by atoms with van der Waals surface area (Å²) in [7, 11) is 0. The molecular formula is C18H44. The van der Waals surface area contributed by atoms with Crippen LogP contribution < -0.4 is 0 Å². The average Bonchev–Trinajstić information content (AvgIpc) is 2.39. The Balaban J connectivity index is -0.0000000731. The van der Waals surface area contributed by atoms with Crippen LogP contribution in [0.4, 0.5) is 0 Å². The molecule has 0 rings (SSSR count). The molecule has 0 unspecified atom stereocenters. The van der Waals surface area contributed by atoms with Crippen LogP contribution in [-0.4, -0.2) is 0 Å². The van der Waals surface area contributed by atoms with Crippen LogP contribution in [0.5, 0.6) is 0 Å². The molecule has 0 aromatic carbocycles. The molecule has 0 bridgehead atoms. The highest BCUT2D eigenvalue weighted by Gasteiger charge is 1.80. The third-order valence-corrected chi connectivity index (χ3v) is 2.63. The molecule has 0 saturated heterocycles. The maximum Gasteiger partial charge on any atom is -0.0474 e. The Morgan fingerprint density at radius 1 is 0.444 bits per heavy atom. The highest BCUT2D eigenvalue weighted by molar-refractivity contribution is 4.33. The minimum atomic E-state index is 0.884. The molecule has 0 aromatic rings. The van der Waals surface area contributed by atoms with Crippen LogP contribution >= 0.6 is 0 Å². The first-order chi connectivity index (χ1) is 8.37. The largest absolute Gasteiger partial charge is 0.0654 e. The van der Waals surface area contributed by atoms with Gasteiger partial charge in [-0.25, -0.2) is 0 Å². The predicted molar refractivity (Wildman–Crippen MR) is 91.4 cm³/mol. The van der Waals surface area contributed by atoms with Crippen LogP contribution in [-0.2, 0) is 0 Å². The van der Waals surface area contributed by atoms with E-state index in [0.717, 1.165) is 11.8 Å². The molecule has 0 heteroatoms. The van der Waals surface area contributed by atoms with Crippen molar-refractivity contribution in [3.05, 3.63) is 0 Å². The average molecular weight is 261 g/mol. The second-order valence-corrected chi connectivity index (χ2v) is 5.60. The number of hydrogen-bond donors (Lipinski definition) is 0. The summed E-state index contributed by atoms with van der Waals surface area (Å²) >= 11 is 0. The van der Waals surface area contributed by atoms with Gasteiger partial charge in [-0.05, 0) is 11.8 Å². The van der Waals surface area contributed by atoms with Crippen molar-refractivity contribution in [3.63, 3.8) is 0 Å². The Hall–Kier alpha value is 0. The normalized spacial score (nSPS) is 8.67. The van der Waals surface area contributed by atoms with Gasteiger partial charge in [-0.15, -0.1) is 0 Å². The monoisotopic (exact) mass is 260 g/mol. The Morgan fingerprint density at radius 3 is 0.556 bits per heavy atom. The van der Waals surface area contributed by atoms with E-state index in [1.807, 2.05) is 0 Å². The van der Waals surface area contributed by atoms with Crippen molar-refractivity contribution >= 4 is 0 Å². The summed E-state index contributed by atoms with van der Waals surface area (Å²) in [6.07, 6.45) is 7.89. The van der Waals surface area contributed by atoms with Crippen LogP contribution in [0.2, 0.25) is 0 Å². The van der Waals surface area contributed by atoms with Gasteiger partial charge in [0.2, 0.25) is 0 Å². The van der Waals surface area contributed by atoms with E-state index in [1.165, 1.54) is 38.5 Å². The molecule has 0 saturated carbocycles. The van der Waals surface area contributed by atoms with Gasteiger partial charge < -0.3 is 0 Å². The van der Waals surface area contributed by atoms with Gasteiger partial charge in [0.25, 0.3) is 0 Å². The third-order valence-electron chi connectivity index (χ3n) is 2.63. The highest BCUT2D eigenvalue weighted by atomic mass is 13.9. The fourth-order valence-electron chi connectivity index (χ4n) is 0. The van der Waals surface area contributed by atoms with Crippen LogP contribution in [0, 0.1) is 11.8 Å². The molecule has 0 aliphatic rings. The van der Waals surface area contributed by atoms with Gasteiger partial charge >= 0.3 is 0 Å². The zero-order chi connectivity index (χ0) is 15.4. The maximum absolute atomic E-state index is 2.22. The second kappa shape index (κ2) is 30.2. The van der Waals surface area contributed by atoms with Crippen molar-refractivity contribution in [3.8, 4) is 0 Å². The molecule has 0 radical (unpaired) electrons. The van der Waals surface area contributed by atoms with Crippen LogP contribution in [0.15, 0.2) is 0 Å². The Labute approximate surface area is 120 Å². The van der Waals surface area contributed by atoms with E-state index in [0.29, 0.717) is 0 Å². The van der Waals surface area contributed by atoms with Crippen molar-refractivity contribution in [1.29, 1.82) is 0 Å². The van der Waals surface area contributed by atoms with Crippen LogP contribution in [0.1, 0.15) is 108 Å². The summed E-state index contributed by atoms with van der Waals surface area (Å²) in [6, 6.07) is 0. The Morgan fingerprint density at radius 2 is 0.556 bits per heavy atom. The molecule has 0 N–H and O–H groups in total. The summed E-state index contributed by atoms with van der Waals surface area (Å²) in [6.45, 7) is 22.0. The van der Waals surface area contributed by atoms with Gasteiger partial charge in [0.05, 0.1) is 0 Å². The minimum absolute atomic E-state index is 0.884. The lowest BCUT2D eigenvalue weighted by Gasteiger charge is -1.90. The lowest BCUT2D eigenvalue weighted by Crippen LogP contribution is -1.77. The van der Waals surface area contributed by atoms with Crippen molar-refractivity contribution in [2.75, 3.05) is 0 Å². The Kier molecular flexibility index (Phi) is 44.6. The third kappa shape index (κ3) is 100. The van der Waals surface area contributed by atoms with E-state index in [2.05, 4.69) is 69.2 Å². The lowest BCUT2D eigenvalue weighted by molar-refractivity contribution is 0.626. The molecule has 0 fully saturated rings. The molecule has 0 nitrogen and oxygen atoms in total. The van der Waals surface area contributed by atoms with Crippen molar-refractivity contribution in [2.24, 2.45) is 11.8 Å². The zero-order valence-electron chi connectivity index (χ0n) is 15.4. The molecule has 0 aliphatic heterocycles. The van der Waals surface area contributed by atoms with Crippen molar-refractivity contribution < 1.29 is 0 Å². The molecule has 116 valence electrons. The van der Waals surface area contributed by atoms with Crippen LogP contribution in [0.25, 0.3) is 0 Å². The standard InChI is InChI=1S/2C5H12.2C4H10/c2*1-4-5(2)3;2*1-3-4-2/h2*5H,4H2,1-3H3;2*3-4H2,1-2H3. The quantitative estimate of drug-likeness (QED) is 0.485. The smallest absolute Gasteiger partial charge is 0.0474 e. The van der Waals surface area contributed by atoms with Crippen molar-refractivity contribution in [1.82, 2.24) is 0 Å². The molecular weight excluding hydrogens is 216 g/mol. The van der Waals surface area contributed by atoms with Gasteiger partial charge in [0.1, 0.15) is 0 Å². The fourth-order valence-corrected chi connectivity index (χ4v) is 0. The fraction of sp³-hybridized carbons (Fsp3) is 1.00. The molecule has 18 heavy (non-hydrogen) atoms. The van der Waals surface area contributed by atoms with Gasteiger partial charge in [-0.3, -0.25) is 0 Å². The number of rotatable bonds is 4. The van der Waals surface area contributed by atoms with Crippen LogP contribution in [0.3, 0.4) is 0 Å². The van der Waals surface area contributed by atoms with E-state index in [9.17, 15) is 0 Å². The number of unbranched alkanes of at least 4 members (excludes halogenated alkanes) is 2. The first-order valence-electron chi connectivity index (χ1n) is 8.37. The van der Waals surface area contributed by atoms with E-state index in [-0.39, 0.29) is 0 Å². The minimum Gasteiger partial charge on any atom is -0.0654 e. The van der Waals surface area contributed by atoms with E-state index >= 15 is 0 Å². The van der Waals surface area contributed by atoms with E-state index < -0.39 is 0 Å². The maximum atomic E-state index is 2.22. The summed E-state index contributed by atoms with van der Waals surface area (Å²) in [4.78, 5) is 0. The summed E-state index contributed by atoms with van der Waals surface area (Å²) < 4.78 is 0. The molecule has 0 amide bonds. The van der Waals surface area contributed by atoms with Gasteiger partial charge in [-0.1, -0.05) is 108 Å². The van der Waals surface area contributed by atoms with E-state index in [1.54, 1.807) is 0 Å². The summed E-state index contributed by atoms with van der Waals surface area (Å²) in [5.41, 5.74) is 0. The van der Waals surface area contributed by atoms with E-state index in [4.69, 9.17) is 0 Å². The van der Waals surface area contributed by atoms with Gasteiger partial charge in [0, 0.05) is 0 Å². The molecule has 0 heterocycles. The molecule has 0 aliphatic carbocycles. The molecule has 0 aromatic heterocycles. The first-order valence-corrected chi connectivity index (χ1v) is 8.37. The topological polar surface area (TPSA) is 0 Å². The number of hydrogen-bond acceptors (Lipinski definition) is 0. The lowest BCUT2D eigenvalue weighted by atomic mass is 10.2. The second-order valence-electron chi connectivity index (χ2n) is 5.60. The molecule has 0 spiro atoms. The zero-order valence-corrected chi connectivity index (χ0v) is 15.4. The van der Waals surface area contributed by atoms with Gasteiger partial charge in [-0.2, -0.15) is 0 Å². The molecule has 0 atom stereocenters. The summed E-state index contributed by atoms with van der Waals surface area (Å²) in [5, 5.41) is 0. The first kappa shape index (κ1) is 26.5. The predicted octanol–water partition coefficient (Wildman–Crippen LogP) is 7.72.